The number of nitro benzene ring substituents is 1. The molecule has 3 aromatic rings. The molecule has 0 saturated heterocycles. The van der Waals surface area contributed by atoms with Crippen LogP contribution < -0.4 is 14.8 Å². The number of benzene rings is 3. The fourth-order valence-corrected chi connectivity index (χ4v) is 3.00. The summed E-state index contributed by atoms with van der Waals surface area (Å²) in [5.74, 6) is 0.00909. The van der Waals surface area contributed by atoms with Crippen molar-refractivity contribution in [2.45, 2.75) is 6.10 Å². The number of carbonyl (C=O) groups is 1. The fraction of sp³-hybridized carbons (Fsp3) is 0.0909. The van der Waals surface area contributed by atoms with Gasteiger partial charge in [0.1, 0.15) is 0 Å². The van der Waals surface area contributed by atoms with Crippen LogP contribution in [0.2, 0.25) is 5.02 Å². The number of methoxy groups -OCH3 is 1. The van der Waals surface area contributed by atoms with Gasteiger partial charge in [-0.2, -0.15) is 5.26 Å². The smallest absolute Gasteiger partial charge is 0.271 e. The van der Waals surface area contributed by atoms with Gasteiger partial charge in [-0.15, -0.1) is 0 Å². The largest absolute Gasteiger partial charge is 0.493 e. The number of halogens is 1. The Morgan fingerprint density at radius 1 is 1.13 bits per heavy atom. The van der Waals surface area contributed by atoms with Crippen molar-refractivity contribution in [3.63, 3.8) is 0 Å². The Hall–Kier alpha value is -4.09. The van der Waals surface area contributed by atoms with Crippen LogP contribution in [0.5, 0.6) is 11.5 Å². The molecule has 0 aromatic heterocycles. The first-order chi connectivity index (χ1) is 14.9. The lowest BCUT2D eigenvalue weighted by Crippen LogP contribution is -2.26. The van der Waals surface area contributed by atoms with Gasteiger partial charge in [0.15, 0.2) is 11.5 Å². The number of non-ortho nitro benzene ring substituents is 1. The van der Waals surface area contributed by atoms with Crippen LogP contribution in [0.15, 0.2) is 66.7 Å². The molecule has 0 aliphatic carbocycles. The Morgan fingerprint density at radius 3 is 2.48 bits per heavy atom. The number of amides is 1. The summed E-state index contributed by atoms with van der Waals surface area (Å²) in [6.45, 7) is 0. The molecule has 0 aliphatic heterocycles. The molecule has 0 heterocycles. The molecule has 31 heavy (non-hydrogen) atoms. The summed E-state index contributed by atoms with van der Waals surface area (Å²) in [7, 11) is 1.43. The normalized spacial score (nSPS) is 11.1. The SMILES string of the molecule is COc1cc(C#N)ccc1O[C@H](C(=O)Nc1ccc([N+](=O)[O-])cc1Cl)c1ccccc1. The number of nitro groups is 1. The van der Waals surface area contributed by atoms with Gasteiger partial charge in [-0.05, 0) is 18.2 Å². The van der Waals surface area contributed by atoms with Gasteiger partial charge in [-0.3, -0.25) is 14.9 Å². The third-order valence-corrected chi connectivity index (χ3v) is 4.61. The van der Waals surface area contributed by atoms with Crippen LogP contribution in [-0.2, 0) is 4.79 Å². The molecule has 0 radical (unpaired) electrons. The number of nitrogens with one attached hydrogen (secondary N) is 1. The van der Waals surface area contributed by atoms with Crippen molar-refractivity contribution in [1.82, 2.24) is 0 Å². The van der Waals surface area contributed by atoms with E-state index in [0.717, 1.165) is 6.07 Å². The van der Waals surface area contributed by atoms with Crippen molar-refractivity contribution in [2.75, 3.05) is 12.4 Å². The quantitative estimate of drug-likeness (QED) is 0.415. The molecule has 3 rings (SSSR count). The number of rotatable bonds is 7. The zero-order valence-corrected chi connectivity index (χ0v) is 17.0. The van der Waals surface area contributed by atoms with E-state index in [-0.39, 0.29) is 22.1 Å². The van der Waals surface area contributed by atoms with Crippen molar-refractivity contribution in [3.8, 4) is 17.6 Å². The monoisotopic (exact) mass is 437 g/mol. The second-order valence-electron chi connectivity index (χ2n) is 6.30. The maximum absolute atomic E-state index is 13.1. The first-order valence-corrected chi connectivity index (χ1v) is 9.35. The number of nitrogens with zero attached hydrogens (tertiary/aromatic N) is 2. The van der Waals surface area contributed by atoms with Crippen LogP contribution in [0.4, 0.5) is 11.4 Å². The highest BCUT2D eigenvalue weighted by Crippen LogP contribution is 2.33. The molecule has 0 saturated carbocycles. The summed E-state index contributed by atoms with van der Waals surface area (Å²) < 4.78 is 11.2. The maximum atomic E-state index is 13.1. The Balaban J connectivity index is 1.93. The lowest BCUT2D eigenvalue weighted by atomic mass is 10.1. The number of nitriles is 1. The molecule has 1 atom stereocenters. The second-order valence-corrected chi connectivity index (χ2v) is 6.70. The average Bonchev–Trinajstić information content (AvgIpc) is 2.79. The average molecular weight is 438 g/mol. The lowest BCUT2D eigenvalue weighted by Gasteiger charge is -2.21. The highest BCUT2D eigenvalue weighted by Gasteiger charge is 2.25. The minimum atomic E-state index is -1.09. The van der Waals surface area contributed by atoms with Crippen LogP contribution in [0.3, 0.4) is 0 Å². The summed E-state index contributed by atoms with van der Waals surface area (Å²) >= 11 is 6.10. The zero-order chi connectivity index (χ0) is 22.4. The molecule has 0 fully saturated rings. The minimum Gasteiger partial charge on any atom is -0.493 e. The van der Waals surface area contributed by atoms with Gasteiger partial charge in [0.25, 0.3) is 11.6 Å². The minimum absolute atomic E-state index is 0.0188. The van der Waals surface area contributed by atoms with E-state index in [1.54, 1.807) is 42.5 Å². The molecule has 0 spiro atoms. The van der Waals surface area contributed by atoms with Crippen LogP contribution >= 0.6 is 11.6 Å². The van der Waals surface area contributed by atoms with E-state index < -0.39 is 16.9 Å². The highest BCUT2D eigenvalue weighted by atomic mass is 35.5. The molecule has 1 amide bonds. The van der Waals surface area contributed by atoms with E-state index in [1.807, 2.05) is 6.07 Å². The predicted octanol–water partition coefficient (Wildman–Crippen LogP) is 4.89. The first-order valence-electron chi connectivity index (χ1n) is 8.97. The van der Waals surface area contributed by atoms with Gasteiger partial charge in [0.2, 0.25) is 6.10 Å². The Labute approximate surface area is 182 Å². The lowest BCUT2D eigenvalue weighted by molar-refractivity contribution is -0.384. The summed E-state index contributed by atoms with van der Waals surface area (Å²) in [6.07, 6.45) is -1.09. The maximum Gasteiger partial charge on any atom is 0.271 e. The van der Waals surface area contributed by atoms with Gasteiger partial charge in [-0.25, -0.2) is 0 Å². The van der Waals surface area contributed by atoms with Crippen molar-refractivity contribution in [2.24, 2.45) is 0 Å². The number of ether oxygens (including phenoxy) is 2. The fourth-order valence-electron chi connectivity index (χ4n) is 2.78. The molecule has 0 unspecified atom stereocenters. The Morgan fingerprint density at radius 2 is 1.87 bits per heavy atom. The zero-order valence-electron chi connectivity index (χ0n) is 16.2. The summed E-state index contributed by atoms with van der Waals surface area (Å²) in [4.78, 5) is 23.4. The molecule has 0 aliphatic rings. The Kier molecular flexibility index (Phi) is 6.70. The second kappa shape index (κ2) is 9.61. The summed E-state index contributed by atoms with van der Waals surface area (Å²) in [5.41, 5.74) is 0.946. The standard InChI is InChI=1S/C22H16ClN3O5/c1-30-20-11-14(13-24)7-10-19(20)31-21(15-5-3-2-4-6-15)22(27)25-18-9-8-16(26(28)29)12-17(18)23/h2-12,21H,1H3,(H,25,27)/t21-/m0/s1. The molecular weight excluding hydrogens is 422 g/mol. The highest BCUT2D eigenvalue weighted by molar-refractivity contribution is 6.34. The van der Waals surface area contributed by atoms with Crippen molar-refractivity contribution >= 4 is 28.9 Å². The van der Waals surface area contributed by atoms with E-state index in [9.17, 15) is 14.9 Å². The van der Waals surface area contributed by atoms with Crippen LogP contribution in [0.1, 0.15) is 17.2 Å². The molecule has 156 valence electrons. The summed E-state index contributed by atoms with van der Waals surface area (Å²) in [6, 6.07) is 19.1. The van der Waals surface area contributed by atoms with Gasteiger partial charge in [0.05, 0.1) is 34.4 Å². The summed E-state index contributed by atoms with van der Waals surface area (Å²) in [5, 5.41) is 22.6. The number of hydrogen-bond donors (Lipinski definition) is 1. The van der Waals surface area contributed by atoms with E-state index in [0.29, 0.717) is 16.9 Å². The van der Waals surface area contributed by atoms with Crippen molar-refractivity contribution in [3.05, 3.63) is 93.0 Å². The van der Waals surface area contributed by atoms with Crippen molar-refractivity contribution < 1.29 is 19.2 Å². The Bertz CT molecular complexity index is 1160. The van der Waals surface area contributed by atoms with Crippen molar-refractivity contribution in [1.29, 1.82) is 5.26 Å². The first kappa shape index (κ1) is 21.6. The van der Waals surface area contributed by atoms with E-state index in [2.05, 4.69) is 5.32 Å². The van der Waals surface area contributed by atoms with Crippen LogP contribution in [-0.4, -0.2) is 17.9 Å². The topological polar surface area (TPSA) is 114 Å². The molecule has 9 heteroatoms. The molecule has 0 bridgehead atoms. The van der Waals surface area contributed by atoms with Crippen LogP contribution in [0, 0.1) is 21.4 Å². The van der Waals surface area contributed by atoms with Gasteiger partial charge in [0, 0.05) is 23.8 Å². The number of carbonyl (C=O) groups excluding carboxylic acids is 1. The van der Waals surface area contributed by atoms with Gasteiger partial charge < -0.3 is 14.8 Å². The third kappa shape index (κ3) is 5.10. The van der Waals surface area contributed by atoms with Gasteiger partial charge in [-0.1, -0.05) is 41.9 Å². The molecular formula is C22H16ClN3O5. The van der Waals surface area contributed by atoms with Crippen LogP contribution in [0.25, 0.3) is 0 Å². The number of hydrogen-bond acceptors (Lipinski definition) is 6. The van der Waals surface area contributed by atoms with E-state index in [4.69, 9.17) is 26.3 Å². The van der Waals surface area contributed by atoms with Gasteiger partial charge >= 0.3 is 0 Å². The number of anilines is 1. The van der Waals surface area contributed by atoms with E-state index in [1.165, 1.54) is 25.3 Å². The predicted molar refractivity (Wildman–Crippen MR) is 114 cm³/mol. The molecule has 1 N–H and O–H groups in total. The van der Waals surface area contributed by atoms with E-state index >= 15 is 0 Å². The molecule has 3 aromatic carbocycles. The third-order valence-electron chi connectivity index (χ3n) is 4.30. The molecule has 8 nitrogen and oxygen atoms in total.